The molecule has 9 rings (SSSR count). The van der Waals surface area contributed by atoms with Crippen LogP contribution in [0, 0.1) is 0 Å². The minimum absolute atomic E-state index is 0.260. The van der Waals surface area contributed by atoms with Gasteiger partial charge >= 0.3 is 17.9 Å². The highest BCUT2D eigenvalue weighted by Crippen LogP contribution is 2.61. The lowest BCUT2D eigenvalue weighted by Crippen LogP contribution is -2.50. The van der Waals surface area contributed by atoms with E-state index in [4.69, 9.17) is 28.7 Å². The zero-order chi connectivity index (χ0) is 29.9. The fourth-order valence-electron chi connectivity index (χ4n) is 6.93. The minimum Gasteiger partial charge on any atom is -0.456 e. The van der Waals surface area contributed by atoms with E-state index in [0.717, 1.165) is 22.3 Å². The topological polar surface area (TPSA) is 107 Å². The maximum atomic E-state index is 13.8. The maximum absolute atomic E-state index is 13.8. The molecule has 4 aliphatic heterocycles. The normalized spacial score (nSPS) is 22.7. The largest absolute Gasteiger partial charge is 0.456 e. The van der Waals surface area contributed by atoms with Crippen molar-refractivity contribution >= 4 is 17.9 Å². The summed E-state index contributed by atoms with van der Waals surface area (Å²) >= 11 is 0. The van der Waals surface area contributed by atoms with Crippen LogP contribution in [0.1, 0.15) is 77.0 Å². The van der Waals surface area contributed by atoms with Gasteiger partial charge in [0, 0.05) is 42.7 Å². The molecule has 0 amide bonds. The van der Waals surface area contributed by atoms with Crippen LogP contribution in [0.2, 0.25) is 0 Å². The molecule has 1 aliphatic carbocycles. The summed E-state index contributed by atoms with van der Waals surface area (Å²) < 4.78 is 23.3. The van der Waals surface area contributed by atoms with Gasteiger partial charge in [0.15, 0.2) is 16.8 Å². The summed E-state index contributed by atoms with van der Waals surface area (Å²) in [6.45, 7) is 6.49. The molecule has 0 radical (unpaired) electrons. The van der Waals surface area contributed by atoms with E-state index in [0.29, 0.717) is 33.8 Å². The lowest BCUT2D eigenvalue weighted by atomic mass is 9.66. The molecule has 4 heterocycles. The van der Waals surface area contributed by atoms with Crippen molar-refractivity contribution in [3.8, 4) is 23.0 Å². The van der Waals surface area contributed by atoms with E-state index in [1.807, 2.05) is 50.2 Å². The molecular formula is C34H24O9. The summed E-state index contributed by atoms with van der Waals surface area (Å²) in [5, 5.41) is 0. The highest BCUT2D eigenvalue weighted by Gasteiger charge is 2.59. The number of hydrogen-bond acceptors (Lipinski definition) is 9. The lowest BCUT2D eigenvalue weighted by Gasteiger charge is -2.51. The summed E-state index contributed by atoms with van der Waals surface area (Å²) in [5.74, 6) is -0.359. The average Bonchev–Trinajstić information content (AvgIpc) is 3.25. The van der Waals surface area contributed by atoms with E-state index < -0.39 is 34.7 Å². The Morgan fingerprint density at radius 1 is 0.628 bits per heavy atom. The van der Waals surface area contributed by atoms with Crippen molar-refractivity contribution in [2.45, 2.75) is 44.5 Å². The van der Waals surface area contributed by atoms with Crippen LogP contribution in [0.5, 0.6) is 23.0 Å². The van der Waals surface area contributed by atoms with E-state index in [9.17, 15) is 14.4 Å². The quantitative estimate of drug-likeness (QED) is 0.164. The standard InChI is InChI=1S/C34H24O9/c1-17(35)38-19-9-11-24-29(13-19)40-30-14-20(39-18(2)36)10-12-25(30)34(24)26-16-28-27(15-21(26)31(37)41-34)32(3)22-7-5-6-8-23(22)33(28,4)43-42-32/h5-16H,1-4H3. The number of carbonyl (C=O) groups excluding carboxylic acids is 3. The molecule has 0 saturated heterocycles. The van der Waals surface area contributed by atoms with Gasteiger partial charge in [-0.05, 0) is 72.5 Å². The number of esters is 3. The molecule has 214 valence electrons. The fourth-order valence-corrected chi connectivity index (χ4v) is 6.93. The number of hydrogen-bond donors (Lipinski definition) is 0. The number of fused-ring (bicyclic) bond motifs is 7. The third-order valence-corrected chi connectivity index (χ3v) is 8.77. The fraction of sp³-hybridized carbons (Fsp3) is 0.206. The molecule has 4 aromatic rings. The second-order valence-corrected chi connectivity index (χ2v) is 11.4. The number of rotatable bonds is 2. The molecule has 9 heteroatoms. The average molecular weight is 577 g/mol. The first-order valence-electron chi connectivity index (χ1n) is 13.8. The monoisotopic (exact) mass is 576 g/mol. The molecule has 43 heavy (non-hydrogen) atoms. The van der Waals surface area contributed by atoms with Gasteiger partial charge < -0.3 is 18.9 Å². The second-order valence-electron chi connectivity index (χ2n) is 11.4. The van der Waals surface area contributed by atoms with Crippen LogP contribution in [0.4, 0.5) is 0 Å². The maximum Gasteiger partial charge on any atom is 0.340 e. The molecule has 2 atom stereocenters. The van der Waals surface area contributed by atoms with Gasteiger partial charge in [0.1, 0.15) is 23.0 Å². The van der Waals surface area contributed by atoms with E-state index in [2.05, 4.69) is 0 Å². The molecule has 2 unspecified atom stereocenters. The smallest absolute Gasteiger partial charge is 0.340 e. The van der Waals surface area contributed by atoms with Crippen LogP contribution in [0.15, 0.2) is 72.8 Å². The summed E-state index contributed by atoms with van der Waals surface area (Å²) in [4.78, 5) is 49.4. The van der Waals surface area contributed by atoms with Crippen LogP contribution in [-0.4, -0.2) is 17.9 Å². The molecule has 0 aromatic heterocycles. The van der Waals surface area contributed by atoms with Gasteiger partial charge in [0.25, 0.3) is 0 Å². The Kier molecular flexibility index (Phi) is 4.96. The summed E-state index contributed by atoms with van der Waals surface area (Å²) in [5.41, 5.74) is 2.33. The lowest BCUT2D eigenvalue weighted by molar-refractivity contribution is -0.421. The van der Waals surface area contributed by atoms with Crippen molar-refractivity contribution in [1.29, 1.82) is 0 Å². The summed E-state index contributed by atoms with van der Waals surface area (Å²) in [6, 6.07) is 21.6. The van der Waals surface area contributed by atoms with E-state index in [1.54, 1.807) is 36.4 Å². The van der Waals surface area contributed by atoms with Crippen molar-refractivity contribution in [3.63, 3.8) is 0 Å². The van der Waals surface area contributed by atoms with Crippen molar-refractivity contribution in [2.24, 2.45) is 0 Å². The molecule has 2 bridgehead atoms. The van der Waals surface area contributed by atoms with E-state index >= 15 is 0 Å². The number of carbonyl (C=O) groups is 3. The predicted octanol–water partition coefficient (Wildman–Crippen LogP) is 5.91. The molecule has 4 aromatic carbocycles. The van der Waals surface area contributed by atoms with Crippen LogP contribution >= 0.6 is 0 Å². The van der Waals surface area contributed by atoms with Crippen molar-refractivity contribution < 1.29 is 43.1 Å². The Morgan fingerprint density at radius 3 is 1.65 bits per heavy atom. The molecule has 0 fully saturated rings. The van der Waals surface area contributed by atoms with Gasteiger partial charge in [-0.2, -0.15) is 0 Å². The van der Waals surface area contributed by atoms with Crippen LogP contribution in [0.3, 0.4) is 0 Å². The highest BCUT2D eigenvalue weighted by atomic mass is 17.2. The van der Waals surface area contributed by atoms with Gasteiger partial charge in [0.05, 0.1) is 5.56 Å². The molecular weight excluding hydrogens is 552 g/mol. The van der Waals surface area contributed by atoms with Crippen LogP contribution in [0.25, 0.3) is 0 Å². The molecule has 1 spiro atoms. The number of benzene rings is 4. The summed E-state index contributed by atoms with van der Waals surface area (Å²) in [7, 11) is 0. The molecule has 0 saturated carbocycles. The highest BCUT2D eigenvalue weighted by molar-refractivity contribution is 5.98. The zero-order valence-electron chi connectivity index (χ0n) is 23.6. The predicted molar refractivity (Wildman–Crippen MR) is 149 cm³/mol. The van der Waals surface area contributed by atoms with Crippen molar-refractivity contribution in [3.05, 3.63) is 117 Å². The Labute approximate surface area is 245 Å². The first-order valence-corrected chi connectivity index (χ1v) is 13.8. The molecule has 0 N–H and O–H groups in total. The first-order chi connectivity index (χ1) is 20.5. The van der Waals surface area contributed by atoms with Gasteiger partial charge in [-0.1, -0.05) is 24.3 Å². The van der Waals surface area contributed by atoms with Gasteiger partial charge in [-0.25, -0.2) is 14.6 Å². The number of ether oxygens (including phenoxy) is 4. The van der Waals surface area contributed by atoms with Crippen LogP contribution in [-0.2, 0) is 40.9 Å². The zero-order valence-corrected chi connectivity index (χ0v) is 23.6. The van der Waals surface area contributed by atoms with Crippen LogP contribution < -0.4 is 14.2 Å². The molecule has 5 aliphatic rings. The third-order valence-electron chi connectivity index (χ3n) is 8.77. The van der Waals surface area contributed by atoms with Crippen molar-refractivity contribution in [1.82, 2.24) is 0 Å². The Morgan fingerprint density at radius 2 is 1.14 bits per heavy atom. The molecule has 9 nitrogen and oxygen atoms in total. The van der Waals surface area contributed by atoms with Gasteiger partial charge in [-0.3, -0.25) is 9.59 Å². The Hall–Kier alpha value is -4.99. The minimum atomic E-state index is -1.43. The summed E-state index contributed by atoms with van der Waals surface area (Å²) in [6.07, 6.45) is 0. The first kappa shape index (κ1) is 25.7. The Bertz CT molecular complexity index is 1890. The van der Waals surface area contributed by atoms with E-state index in [-0.39, 0.29) is 11.5 Å². The van der Waals surface area contributed by atoms with Crippen molar-refractivity contribution in [2.75, 3.05) is 0 Å². The SMILES string of the molecule is CC(=O)Oc1ccc2c(c1)Oc1cc(OC(C)=O)ccc1C21OC(=O)c2cc3c(cc21)C1(C)OOC3(C)c2ccccc21. The second kappa shape index (κ2) is 8.31. The van der Waals surface area contributed by atoms with Gasteiger partial charge in [0.2, 0.25) is 0 Å². The van der Waals surface area contributed by atoms with Gasteiger partial charge in [-0.15, -0.1) is 0 Å². The van der Waals surface area contributed by atoms with E-state index in [1.165, 1.54) is 13.8 Å². The Balaban J connectivity index is 1.41. The third kappa shape index (κ3) is 3.26.